The van der Waals surface area contributed by atoms with E-state index in [1.54, 1.807) is 6.07 Å². The lowest BCUT2D eigenvalue weighted by Gasteiger charge is -2.31. The molecule has 2 aliphatic heterocycles. The number of carbonyl (C=O) groups is 3. The summed E-state index contributed by atoms with van der Waals surface area (Å²) in [6, 6.07) is 13.5. The van der Waals surface area contributed by atoms with E-state index >= 15 is 0 Å². The fourth-order valence-corrected chi connectivity index (χ4v) is 4.86. The van der Waals surface area contributed by atoms with Crippen LogP contribution in [0.2, 0.25) is 0 Å². The topological polar surface area (TPSA) is 90.5 Å². The third-order valence-corrected chi connectivity index (χ3v) is 6.99. The minimum Gasteiger partial charge on any atom is -0.357 e. The molecule has 4 rings (SSSR count). The fourth-order valence-electron chi connectivity index (χ4n) is 3.57. The number of aryl methyl sites for hydroxylation is 3. The molecule has 170 valence electrons. The van der Waals surface area contributed by atoms with Gasteiger partial charge in [0.15, 0.2) is 10.6 Å². The number of nitrogens with one attached hydrogen (secondary N) is 3. The Hall–Kier alpha value is -3.17. The zero-order chi connectivity index (χ0) is 23.7. The summed E-state index contributed by atoms with van der Waals surface area (Å²) in [4.78, 5) is 40.0. The number of thiocarbonyl (C=S) groups is 1. The lowest BCUT2D eigenvalue weighted by atomic mass is 10.0. The molecule has 2 atom stereocenters. The average Bonchev–Trinajstić information content (AvgIpc) is 3.12. The van der Waals surface area contributed by atoms with Crippen LogP contribution in [0.5, 0.6) is 0 Å². The van der Waals surface area contributed by atoms with Crippen molar-refractivity contribution in [2.24, 2.45) is 5.92 Å². The van der Waals surface area contributed by atoms with Gasteiger partial charge in [0, 0.05) is 5.69 Å². The van der Waals surface area contributed by atoms with E-state index in [4.69, 9.17) is 12.2 Å². The number of hydrogen-bond acceptors (Lipinski definition) is 6. The first-order valence-electron chi connectivity index (χ1n) is 10.6. The molecule has 33 heavy (non-hydrogen) atoms. The van der Waals surface area contributed by atoms with Gasteiger partial charge in [0.25, 0.3) is 5.91 Å². The van der Waals surface area contributed by atoms with Gasteiger partial charge in [0.1, 0.15) is 5.92 Å². The van der Waals surface area contributed by atoms with Crippen molar-refractivity contribution in [2.75, 3.05) is 10.2 Å². The van der Waals surface area contributed by atoms with E-state index in [1.165, 1.54) is 28.3 Å². The summed E-state index contributed by atoms with van der Waals surface area (Å²) < 4.78 is 0. The van der Waals surface area contributed by atoms with E-state index in [2.05, 4.69) is 22.9 Å². The Balaban J connectivity index is 1.53. The molecule has 2 saturated heterocycles. The smallest absolute Gasteiger partial charge is 0.259 e. The molecular weight excluding hydrogens is 456 g/mol. The number of thioether (sulfide) groups is 1. The third-order valence-electron chi connectivity index (χ3n) is 5.66. The third kappa shape index (κ3) is 4.79. The van der Waals surface area contributed by atoms with Gasteiger partial charge >= 0.3 is 0 Å². The normalized spacial score (nSPS) is 21.9. The lowest BCUT2D eigenvalue weighted by molar-refractivity contribution is -0.131. The maximum absolute atomic E-state index is 13.2. The standard InChI is InChI=1S/C24H24N4O3S2/c1-4-15-6-8-16(9-7-15)25-23-26-21(30)19(33-23)12-18-20(29)27-24(32)28(22(18)31)17-10-5-13(2)14(3)11-17/h5-12,18,23,25H,4H2,1-3H3,(H,26,30)(H,27,29,32)/b19-12+/t18-,23-/m0/s1. The van der Waals surface area contributed by atoms with Gasteiger partial charge in [-0.15, -0.1) is 0 Å². The maximum Gasteiger partial charge on any atom is 0.259 e. The van der Waals surface area contributed by atoms with Crippen LogP contribution in [0.15, 0.2) is 53.4 Å². The number of amides is 3. The Morgan fingerprint density at radius 3 is 2.48 bits per heavy atom. The molecule has 9 heteroatoms. The van der Waals surface area contributed by atoms with Crippen LogP contribution in [-0.2, 0) is 20.8 Å². The number of hydrogen-bond donors (Lipinski definition) is 3. The number of nitrogens with zero attached hydrogens (tertiary/aromatic N) is 1. The van der Waals surface area contributed by atoms with Gasteiger partial charge in [-0.2, -0.15) is 0 Å². The van der Waals surface area contributed by atoms with Crippen molar-refractivity contribution in [1.82, 2.24) is 10.6 Å². The van der Waals surface area contributed by atoms with Crippen LogP contribution in [-0.4, -0.2) is 28.3 Å². The Morgan fingerprint density at radius 2 is 1.82 bits per heavy atom. The SMILES string of the molecule is CCc1ccc(N[C@H]2NC(=O)/C(=C\[C@H]3C(=O)NC(=S)N(c4ccc(C)c(C)c4)C3=O)S2)cc1. The zero-order valence-corrected chi connectivity index (χ0v) is 20.1. The molecule has 3 N–H and O–H groups in total. The summed E-state index contributed by atoms with van der Waals surface area (Å²) in [6.07, 6.45) is 2.36. The van der Waals surface area contributed by atoms with Crippen molar-refractivity contribution in [1.29, 1.82) is 0 Å². The lowest BCUT2D eigenvalue weighted by Crippen LogP contribution is -2.57. The highest BCUT2D eigenvalue weighted by Crippen LogP contribution is 2.31. The van der Waals surface area contributed by atoms with E-state index in [-0.39, 0.29) is 11.0 Å². The maximum atomic E-state index is 13.2. The molecule has 3 amide bonds. The second-order valence-electron chi connectivity index (χ2n) is 7.91. The summed E-state index contributed by atoms with van der Waals surface area (Å²) in [6.45, 7) is 6.00. The van der Waals surface area contributed by atoms with E-state index in [9.17, 15) is 14.4 Å². The summed E-state index contributed by atoms with van der Waals surface area (Å²) in [7, 11) is 0. The van der Waals surface area contributed by atoms with Crippen LogP contribution >= 0.6 is 24.0 Å². The largest absolute Gasteiger partial charge is 0.357 e. The van der Waals surface area contributed by atoms with Gasteiger partial charge in [-0.1, -0.05) is 36.9 Å². The number of benzene rings is 2. The second kappa shape index (κ2) is 9.36. The van der Waals surface area contributed by atoms with Crippen molar-refractivity contribution in [3.8, 4) is 0 Å². The molecule has 0 unspecified atom stereocenters. The van der Waals surface area contributed by atoms with Gasteiger partial charge < -0.3 is 16.0 Å². The molecule has 0 radical (unpaired) electrons. The summed E-state index contributed by atoms with van der Waals surface area (Å²) >= 11 is 6.49. The highest BCUT2D eigenvalue weighted by atomic mass is 32.2. The van der Waals surface area contributed by atoms with Gasteiger partial charge in [-0.3, -0.25) is 19.3 Å². The second-order valence-corrected chi connectivity index (χ2v) is 9.44. The van der Waals surface area contributed by atoms with Crippen LogP contribution in [0.4, 0.5) is 11.4 Å². The predicted molar refractivity (Wildman–Crippen MR) is 135 cm³/mol. The van der Waals surface area contributed by atoms with Crippen molar-refractivity contribution >= 4 is 58.2 Å². The molecule has 2 fully saturated rings. The van der Waals surface area contributed by atoms with E-state index in [0.29, 0.717) is 10.6 Å². The van der Waals surface area contributed by atoms with Crippen molar-refractivity contribution < 1.29 is 14.4 Å². The first-order chi connectivity index (χ1) is 15.8. The van der Waals surface area contributed by atoms with Gasteiger partial charge in [-0.25, -0.2) is 0 Å². The first kappa shape index (κ1) is 23.0. The molecule has 0 bridgehead atoms. The summed E-state index contributed by atoms with van der Waals surface area (Å²) in [5.41, 5.74) is 4.34. The molecule has 0 saturated carbocycles. The molecule has 0 spiro atoms. The monoisotopic (exact) mass is 480 g/mol. The Labute approximate surface area is 202 Å². The summed E-state index contributed by atoms with van der Waals surface area (Å²) in [5, 5.41) is 8.69. The van der Waals surface area contributed by atoms with Crippen molar-refractivity contribution in [2.45, 2.75) is 32.7 Å². The van der Waals surface area contributed by atoms with Crippen LogP contribution in [0.1, 0.15) is 23.6 Å². The van der Waals surface area contributed by atoms with Crippen LogP contribution in [0.25, 0.3) is 0 Å². The van der Waals surface area contributed by atoms with E-state index in [0.717, 1.165) is 23.2 Å². The number of carbonyl (C=O) groups excluding carboxylic acids is 3. The number of rotatable bonds is 5. The van der Waals surface area contributed by atoms with Crippen LogP contribution in [0.3, 0.4) is 0 Å². The van der Waals surface area contributed by atoms with Crippen molar-refractivity contribution in [3.05, 3.63) is 70.1 Å². The van der Waals surface area contributed by atoms with Crippen molar-refractivity contribution in [3.63, 3.8) is 0 Å². The minimum atomic E-state index is -1.16. The van der Waals surface area contributed by atoms with Crippen LogP contribution in [0, 0.1) is 19.8 Å². The predicted octanol–water partition coefficient (Wildman–Crippen LogP) is 3.37. The fraction of sp³-hybridized carbons (Fsp3) is 0.250. The van der Waals surface area contributed by atoms with Gasteiger partial charge in [-0.05, 0) is 79.5 Å². The minimum absolute atomic E-state index is 0.0292. The zero-order valence-electron chi connectivity index (χ0n) is 18.5. The van der Waals surface area contributed by atoms with E-state index < -0.39 is 23.2 Å². The Kier molecular flexibility index (Phi) is 6.53. The number of anilines is 2. The van der Waals surface area contributed by atoms with Gasteiger partial charge in [0.2, 0.25) is 11.8 Å². The Morgan fingerprint density at radius 1 is 1.09 bits per heavy atom. The molecule has 2 aromatic rings. The van der Waals surface area contributed by atoms with Gasteiger partial charge in [0.05, 0.1) is 10.6 Å². The molecule has 2 heterocycles. The highest BCUT2D eigenvalue weighted by molar-refractivity contribution is 8.05. The molecular formula is C24H24N4O3S2. The molecule has 0 aliphatic carbocycles. The Bertz CT molecular complexity index is 1180. The quantitative estimate of drug-likeness (QED) is 0.345. The molecule has 0 aromatic heterocycles. The molecule has 2 aliphatic rings. The first-order valence-corrected chi connectivity index (χ1v) is 11.9. The average molecular weight is 481 g/mol. The molecule has 2 aromatic carbocycles. The summed E-state index contributed by atoms with van der Waals surface area (Å²) in [5.74, 6) is -2.53. The molecule has 7 nitrogen and oxygen atoms in total. The van der Waals surface area contributed by atoms with E-state index in [1.807, 2.05) is 50.2 Å². The van der Waals surface area contributed by atoms with Crippen LogP contribution < -0.4 is 20.9 Å². The highest BCUT2D eigenvalue weighted by Gasteiger charge is 2.40.